The zero-order chi connectivity index (χ0) is 25.7. The van der Waals surface area contributed by atoms with E-state index < -0.39 is 11.2 Å². The van der Waals surface area contributed by atoms with Crippen molar-refractivity contribution < 1.29 is 19.5 Å². The van der Waals surface area contributed by atoms with Crippen molar-refractivity contribution in [1.82, 2.24) is 0 Å². The maximum Gasteiger partial charge on any atom is 0.335 e. The molecule has 2 amide bonds. The highest BCUT2D eigenvalue weighted by molar-refractivity contribution is 8.00. The van der Waals surface area contributed by atoms with E-state index in [1.54, 1.807) is 12.1 Å². The van der Waals surface area contributed by atoms with Crippen molar-refractivity contribution in [1.29, 1.82) is 0 Å². The van der Waals surface area contributed by atoms with Crippen LogP contribution in [0.25, 0.3) is 10.8 Å². The summed E-state index contributed by atoms with van der Waals surface area (Å²) in [5.74, 6) is -1.46. The lowest BCUT2D eigenvalue weighted by molar-refractivity contribution is -0.115. The van der Waals surface area contributed by atoms with Crippen LogP contribution in [0.3, 0.4) is 0 Å². The van der Waals surface area contributed by atoms with Gasteiger partial charge in [-0.05, 0) is 72.1 Å². The van der Waals surface area contributed by atoms with Gasteiger partial charge in [0, 0.05) is 21.8 Å². The third-order valence-corrected chi connectivity index (χ3v) is 7.15. The SMILES string of the molecule is CCC(Sc1cccc(NC(=O)c2ccc3ccccc3c2)c1)C(=O)Nc1cc(C(=O)O)ccc1C. The van der Waals surface area contributed by atoms with Gasteiger partial charge in [0.1, 0.15) is 0 Å². The van der Waals surface area contributed by atoms with E-state index >= 15 is 0 Å². The number of anilines is 2. The summed E-state index contributed by atoms with van der Waals surface area (Å²) in [7, 11) is 0. The largest absolute Gasteiger partial charge is 0.478 e. The number of amides is 2. The molecule has 1 atom stereocenters. The van der Waals surface area contributed by atoms with Crippen LogP contribution < -0.4 is 10.6 Å². The van der Waals surface area contributed by atoms with Gasteiger partial charge in [-0.15, -0.1) is 11.8 Å². The fourth-order valence-electron chi connectivity index (χ4n) is 3.77. The van der Waals surface area contributed by atoms with Crippen LogP contribution in [0, 0.1) is 6.92 Å². The number of aryl methyl sites for hydroxylation is 1. The van der Waals surface area contributed by atoms with Gasteiger partial charge in [-0.3, -0.25) is 9.59 Å². The molecule has 0 bridgehead atoms. The molecule has 1 unspecified atom stereocenters. The lowest BCUT2D eigenvalue weighted by Crippen LogP contribution is -2.25. The maximum absolute atomic E-state index is 13.0. The van der Waals surface area contributed by atoms with Crippen LogP contribution in [0.1, 0.15) is 39.6 Å². The minimum atomic E-state index is -1.05. The van der Waals surface area contributed by atoms with Crippen LogP contribution in [-0.4, -0.2) is 28.1 Å². The highest BCUT2D eigenvalue weighted by Gasteiger charge is 2.20. The highest BCUT2D eigenvalue weighted by Crippen LogP contribution is 2.29. The highest BCUT2D eigenvalue weighted by atomic mass is 32.2. The molecule has 3 N–H and O–H groups in total. The Morgan fingerprint density at radius 3 is 2.33 bits per heavy atom. The van der Waals surface area contributed by atoms with Crippen LogP contribution in [0.5, 0.6) is 0 Å². The Balaban J connectivity index is 1.45. The van der Waals surface area contributed by atoms with E-state index in [0.717, 1.165) is 21.2 Å². The Morgan fingerprint density at radius 1 is 0.833 bits per heavy atom. The van der Waals surface area contributed by atoms with Crippen LogP contribution in [0.4, 0.5) is 11.4 Å². The second-order valence-corrected chi connectivity index (χ2v) is 9.66. The normalized spacial score (nSPS) is 11.6. The molecule has 0 heterocycles. The molecule has 0 aliphatic carbocycles. The van der Waals surface area contributed by atoms with Crippen molar-refractivity contribution in [3.8, 4) is 0 Å². The first-order chi connectivity index (χ1) is 17.3. The minimum Gasteiger partial charge on any atom is -0.478 e. The monoisotopic (exact) mass is 498 g/mol. The van der Waals surface area contributed by atoms with Crippen molar-refractivity contribution in [2.24, 2.45) is 0 Å². The molecule has 0 saturated carbocycles. The van der Waals surface area contributed by atoms with E-state index in [4.69, 9.17) is 0 Å². The molecule has 7 heteroatoms. The Morgan fingerprint density at radius 2 is 1.58 bits per heavy atom. The first-order valence-corrected chi connectivity index (χ1v) is 12.4. The Hall–Kier alpha value is -4.10. The van der Waals surface area contributed by atoms with E-state index in [0.29, 0.717) is 23.4 Å². The minimum absolute atomic E-state index is 0.117. The molecule has 36 heavy (non-hydrogen) atoms. The molecule has 0 fully saturated rings. The first kappa shape index (κ1) is 25.0. The molecule has 0 aliphatic heterocycles. The molecular weight excluding hydrogens is 472 g/mol. The number of carboxylic acid groups (broad SMARTS) is 1. The molecule has 182 valence electrons. The number of carbonyl (C=O) groups is 3. The molecule has 0 radical (unpaired) electrons. The number of hydrogen-bond acceptors (Lipinski definition) is 4. The fraction of sp³-hybridized carbons (Fsp3) is 0.138. The van der Waals surface area contributed by atoms with Gasteiger partial charge in [0.25, 0.3) is 5.91 Å². The Kier molecular flexibility index (Phi) is 7.71. The van der Waals surface area contributed by atoms with Gasteiger partial charge in [0.2, 0.25) is 5.91 Å². The van der Waals surface area contributed by atoms with Crippen molar-refractivity contribution in [3.05, 3.63) is 102 Å². The number of carbonyl (C=O) groups excluding carboxylic acids is 2. The standard InChI is InChI=1S/C29H26N2O4S/c1-3-26(28(33)31-25-16-22(29(34)35)12-11-18(25)2)36-24-10-6-9-23(17-24)30-27(32)21-14-13-19-7-4-5-8-20(19)15-21/h4-17,26H,3H2,1-2H3,(H,30,32)(H,31,33)(H,34,35). The number of benzene rings is 4. The van der Waals surface area contributed by atoms with E-state index in [1.807, 2.05) is 74.5 Å². The molecule has 0 saturated heterocycles. The van der Waals surface area contributed by atoms with Gasteiger partial charge in [-0.1, -0.05) is 49.4 Å². The molecule has 4 aromatic rings. The molecule has 4 aromatic carbocycles. The molecule has 4 rings (SSSR count). The van der Waals surface area contributed by atoms with Gasteiger partial charge >= 0.3 is 5.97 Å². The third-order valence-electron chi connectivity index (χ3n) is 5.79. The van der Waals surface area contributed by atoms with Gasteiger partial charge in [0.05, 0.1) is 10.8 Å². The Labute approximate surface area is 213 Å². The van der Waals surface area contributed by atoms with Crippen LogP contribution in [-0.2, 0) is 4.79 Å². The molecule has 0 aromatic heterocycles. The van der Waals surface area contributed by atoms with E-state index in [2.05, 4.69) is 10.6 Å². The number of carboxylic acids is 1. The van der Waals surface area contributed by atoms with Crippen molar-refractivity contribution in [3.63, 3.8) is 0 Å². The summed E-state index contributed by atoms with van der Waals surface area (Å²) in [4.78, 5) is 38.0. The topological polar surface area (TPSA) is 95.5 Å². The molecule has 6 nitrogen and oxygen atoms in total. The van der Waals surface area contributed by atoms with E-state index in [-0.39, 0.29) is 17.4 Å². The van der Waals surface area contributed by atoms with Crippen molar-refractivity contribution >= 4 is 51.7 Å². The van der Waals surface area contributed by atoms with Crippen molar-refractivity contribution in [2.75, 3.05) is 10.6 Å². The molecule has 0 aliphatic rings. The summed E-state index contributed by atoms with van der Waals surface area (Å²) in [5, 5.41) is 16.7. The summed E-state index contributed by atoms with van der Waals surface area (Å²) in [5.41, 5.74) is 2.59. The summed E-state index contributed by atoms with van der Waals surface area (Å²) in [6, 6.07) is 25.5. The second-order valence-electron chi connectivity index (χ2n) is 8.38. The second kappa shape index (κ2) is 11.1. The predicted octanol–water partition coefficient (Wildman–Crippen LogP) is 6.61. The number of hydrogen-bond donors (Lipinski definition) is 3. The average molecular weight is 499 g/mol. The molecular formula is C29H26N2O4S. The predicted molar refractivity (Wildman–Crippen MR) is 145 cm³/mol. The lowest BCUT2D eigenvalue weighted by Gasteiger charge is -2.17. The van der Waals surface area contributed by atoms with E-state index in [1.165, 1.54) is 23.9 Å². The first-order valence-electron chi connectivity index (χ1n) is 11.6. The van der Waals surface area contributed by atoms with Crippen LogP contribution >= 0.6 is 11.8 Å². The summed E-state index contributed by atoms with van der Waals surface area (Å²) in [6.45, 7) is 3.74. The van der Waals surface area contributed by atoms with Crippen molar-refractivity contribution in [2.45, 2.75) is 30.4 Å². The zero-order valence-electron chi connectivity index (χ0n) is 19.9. The van der Waals surface area contributed by atoms with E-state index in [9.17, 15) is 19.5 Å². The number of thioether (sulfide) groups is 1. The van der Waals surface area contributed by atoms with Crippen LogP contribution in [0.15, 0.2) is 89.8 Å². The zero-order valence-corrected chi connectivity index (χ0v) is 20.8. The number of rotatable bonds is 8. The number of fused-ring (bicyclic) bond motifs is 1. The lowest BCUT2D eigenvalue weighted by atomic mass is 10.1. The van der Waals surface area contributed by atoms with Crippen LogP contribution in [0.2, 0.25) is 0 Å². The summed E-state index contributed by atoms with van der Waals surface area (Å²) in [6.07, 6.45) is 0.571. The number of aromatic carboxylic acids is 1. The molecule has 0 spiro atoms. The number of nitrogens with one attached hydrogen (secondary N) is 2. The maximum atomic E-state index is 13.0. The van der Waals surface area contributed by atoms with Gasteiger partial charge in [-0.2, -0.15) is 0 Å². The fourth-order valence-corrected chi connectivity index (χ4v) is 4.78. The third kappa shape index (κ3) is 5.93. The quantitative estimate of drug-likeness (QED) is 0.238. The summed E-state index contributed by atoms with van der Waals surface area (Å²) >= 11 is 1.39. The smallest absolute Gasteiger partial charge is 0.335 e. The average Bonchev–Trinajstić information content (AvgIpc) is 2.88. The van der Waals surface area contributed by atoms with Gasteiger partial charge in [-0.25, -0.2) is 4.79 Å². The van der Waals surface area contributed by atoms with Gasteiger partial charge in [0.15, 0.2) is 0 Å². The Bertz CT molecular complexity index is 1450. The summed E-state index contributed by atoms with van der Waals surface area (Å²) < 4.78 is 0. The van der Waals surface area contributed by atoms with Gasteiger partial charge < -0.3 is 15.7 Å².